The number of H-pyrrole nitrogens is 2. The quantitative estimate of drug-likeness (QED) is 0.760. The molecule has 1 aromatic heterocycles. The van der Waals surface area contributed by atoms with E-state index in [1.54, 1.807) is 13.3 Å². The zero-order valence-corrected chi connectivity index (χ0v) is 10.0. The summed E-state index contributed by atoms with van der Waals surface area (Å²) in [6.45, 7) is 3.98. The van der Waals surface area contributed by atoms with Crippen LogP contribution in [0.5, 0.6) is 5.75 Å². The van der Waals surface area contributed by atoms with E-state index in [9.17, 15) is 4.79 Å². The van der Waals surface area contributed by atoms with Crippen LogP contribution in [0.2, 0.25) is 0 Å². The van der Waals surface area contributed by atoms with E-state index in [-0.39, 0.29) is 5.69 Å². The normalized spacial score (nSPS) is 10.3. The number of aromatic nitrogens is 2. The predicted octanol–water partition coefficient (Wildman–Crippen LogP) is 2.07. The Bertz CT molecular complexity index is 560. The lowest BCUT2D eigenvalue weighted by Gasteiger charge is -2.12. The SMILES string of the molecule is COc1cc(C)c(Nc2c[nH]c(=O)[nH]2)c(C)c1. The highest BCUT2D eigenvalue weighted by atomic mass is 16.5. The molecule has 5 nitrogen and oxygen atoms in total. The maximum atomic E-state index is 11.0. The van der Waals surface area contributed by atoms with Gasteiger partial charge in [0.1, 0.15) is 11.6 Å². The van der Waals surface area contributed by atoms with E-state index in [2.05, 4.69) is 15.3 Å². The van der Waals surface area contributed by atoms with Crippen LogP contribution in [0.4, 0.5) is 11.5 Å². The molecule has 0 atom stereocenters. The zero-order chi connectivity index (χ0) is 12.4. The van der Waals surface area contributed by atoms with E-state index in [4.69, 9.17) is 4.74 Å². The van der Waals surface area contributed by atoms with Crippen LogP contribution in [0.25, 0.3) is 0 Å². The van der Waals surface area contributed by atoms with Gasteiger partial charge in [-0.15, -0.1) is 0 Å². The average molecular weight is 233 g/mol. The minimum atomic E-state index is -0.226. The van der Waals surface area contributed by atoms with E-state index < -0.39 is 0 Å². The van der Waals surface area contributed by atoms with Crippen molar-refractivity contribution in [2.24, 2.45) is 0 Å². The molecule has 1 aromatic carbocycles. The first kappa shape index (κ1) is 11.3. The molecule has 0 aliphatic carbocycles. The van der Waals surface area contributed by atoms with Crippen LogP contribution in [0.3, 0.4) is 0 Å². The third kappa shape index (κ3) is 2.33. The number of rotatable bonds is 3. The molecule has 2 rings (SSSR count). The van der Waals surface area contributed by atoms with Gasteiger partial charge in [-0.1, -0.05) is 0 Å². The van der Waals surface area contributed by atoms with Gasteiger partial charge in [0, 0.05) is 11.9 Å². The number of methoxy groups -OCH3 is 1. The van der Waals surface area contributed by atoms with Gasteiger partial charge in [0.05, 0.1) is 7.11 Å². The molecular weight excluding hydrogens is 218 g/mol. The highest BCUT2D eigenvalue weighted by molar-refractivity contribution is 5.65. The number of ether oxygens (including phenoxy) is 1. The molecule has 0 radical (unpaired) electrons. The van der Waals surface area contributed by atoms with Crippen molar-refractivity contribution in [3.63, 3.8) is 0 Å². The number of imidazole rings is 1. The maximum absolute atomic E-state index is 11.0. The van der Waals surface area contributed by atoms with Crippen molar-refractivity contribution >= 4 is 11.5 Å². The first-order chi connectivity index (χ1) is 8.10. The molecule has 1 heterocycles. The molecule has 0 spiro atoms. The smallest absolute Gasteiger partial charge is 0.324 e. The third-order valence-corrected chi connectivity index (χ3v) is 2.60. The van der Waals surface area contributed by atoms with Crippen LogP contribution >= 0.6 is 0 Å². The number of aromatic amines is 2. The number of hydrogen-bond donors (Lipinski definition) is 3. The molecule has 0 saturated heterocycles. The van der Waals surface area contributed by atoms with Gasteiger partial charge in [0.15, 0.2) is 0 Å². The summed E-state index contributed by atoms with van der Waals surface area (Å²) in [6.07, 6.45) is 1.60. The monoisotopic (exact) mass is 233 g/mol. The summed E-state index contributed by atoms with van der Waals surface area (Å²) in [4.78, 5) is 16.2. The van der Waals surface area contributed by atoms with Gasteiger partial charge in [-0.2, -0.15) is 0 Å². The maximum Gasteiger partial charge on any atom is 0.324 e. The molecule has 3 N–H and O–H groups in total. The first-order valence-electron chi connectivity index (χ1n) is 5.30. The number of hydrogen-bond acceptors (Lipinski definition) is 3. The van der Waals surface area contributed by atoms with E-state index in [0.717, 1.165) is 22.6 Å². The molecule has 0 amide bonds. The second-order valence-corrected chi connectivity index (χ2v) is 3.92. The zero-order valence-electron chi connectivity index (χ0n) is 10.0. The second kappa shape index (κ2) is 4.37. The number of benzene rings is 1. The summed E-state index contributed by atoms with van der Waals surface area (Å²) in [5, 5.41) is 3.17. The Balaban J connectivity index is 2.36. The minimum absolute atomic E-state index is 0.226. The lowest BCUT2D eigenvalue weighted by molar-refractivity contribution is 0.414. The Morgan fingerprint density at radius 3 is 2.35 bits per heavy atom. The molecule has 0 fully saturated rings. The van der Waals surface area contributed by atoms with Gasteiger partial charge in [-0.3, -0.25) is 4.98 Å². The number of nitrogens with one attached hydrogen (secondary N) is 3. The Kier molecular flexibility index (Phi) is 2.91. The topological polar surface area (TPSA) is 69.9 Å². The predicted molar refractivity (Wildman–Crippen MR) is 67.2 cm³/mol. The van der Waals surface area contributed by atoms with E-state index in [0.29, 0.717) is 5.82 Å². The Morgan fingerprint density at radius 2 is 1.88 bits per heavy atom. The fraction of sp³-hybridized carbons (Fsp3) is 0.250. The lowest BCUT2D eigenvalue weighted by atomic mass is 10.1. The van der Waals surface area contributed by atoms with E-state index >= 15 is 0 Å². The highest BCUT2D eigenvalue weighted by Gasteiger charge is 2.06. The van der Waals surface area contributed by atoms with Crippen LogP contribution in [-0.4, -0.2) is 17.1 Å². The van der Waals surface area contributed by atoms with Crippen molar-refractivity contribution in [1.29, 1.82) is 0 Å². The summed E-state index contributed by atoms with van der Waals surface area (Å²) in [5.74, 6) is 1.47. The molecule has 5 heteroatoms. The second-order valence-electron chi connectivity index (χ2n) is 3.92. The molecule has 0 bridgehead atoms. The number of anilines is 2. The largest absolute Gasteiger partial charge is 0.497 e. The standard InChI is InChI=1S/C12H15N3O2/c1-7-4-9(17-3)5-8(2)11(7)14-10-6-13-12(16)15-10/h4-6,14H,1-3H3,(H2,13,15,16). The van der Waals surface area contributed by atoms with Crippen molar-refractivity contribution in [1.82, 2.24) is 9.97 Å². The van der Waals surface area contributed by atoms with Crippen molar-refractivity contribution in [2.75, 3.05) is 12.4 Å². The van der Waals surface area contributed by atoms with Crippen molar-refractivity contribution in [3.05, 3.63) is 39.9 Å². The lowest BCUT2D eigenvalue weighted by Crippen LogP contribution is -2.02. The fourth-order valence-electron chi connectivity index (χ4n) is 1.77. The van der Waals surface area contributed by atoms with Gasteiger partial charge >= 0.3 is 5.69 Å². The first-order valence-corrected chi connectivity index (χ1v) is 5.30. The fourth-order valence-corrected chi connectivity index (χ4v) is 1.77. The van der Waals surface area contributed by atoms with Crippen molar-refractivity contribution in [3.8, 4) is 5.75 Å². The summed E-state index contributed by atoms with van der Waals surface area (Å²) in [7, 11) is 1.64. The van der Waals surface area contributed by atoms with Crippen LogP contribution in [0.1, 0.15) is 11.1 Å². The molecule has 2 aromatic rings. The van der Waals surface area contributed by atoms with E-state index in [1.165, 1.54) is 0 Å². The minimum Gasteiger partial charge on any atom is -0.497 e. The molecule has 17 heavy (non-hydrogen) atoms. The van der Waals surface area contributed by atoms with Crippen molar-refractivity contribution < 1.29 is 4.74 Å². The number of aryl methyl sites for hydroxylation is 2. The van der Waals surface area contributed by atoms with E-state index in [1.807, 2.05) is 26.0 Å². The molecule has 0 saturated carbocycles. The molecule has 0 unspecified atom stereocenters. The summed E-state index contributed by atoms with van der Waals surface area (Å²) in [5.41, 5.74) is 2.87. The van der Waals surface area contributed by atoms with Gasteiger partial charge in [-0.05, 0) is 37.1 Å². The highest BCUT2D eigenvalue weighted by Crippen LogP contribution is 2.27. The molecular formula is C12H15N3O2. The van der Waals surface area contributed by atoms with Crippen LogP contribution < -0.4 is 15.7 Å². The molecule has 90 valence electrons. The summed E-state index contributed by atoms with van der Waals surface area (Å²) >= 11 is 0. The third-order valence-electron chi connectivity index (χ3n) is 2.60. The summed E-state index contributed by atoms with van der Waals surface area (Å²) in [6, 6.07) is 3.89. The van der Waals surface area contributed by atoms with Gasteiger partial charge < -0.3 is 15.0 Å². The Hall–Kier alpha value is -2.17. The van der Waals surface area contributed by atoms with Gasteiger partial charge in [0.25, 0.3) is 0 Å². The van der Waals surface area contributed by atoms with Gasteiger partial charge in [-0.25, -0.2) is 4.79 Å². The van der Waals surface area contributed by atoms with Crippen LogP contribution in [0, 0.1) is 13.8 Å². The molecule has 0 aliphatic heterocycles. The Labute approximate surface area is 98.8 Å². The van der Waals surface area contributed by atoms with Crippen LogP contribution in [0.15, 0.2) is 23.1 Å². The summed E-state index contributed by atoms with van der Waals surface area (Å²) < 4.78 is 5.19. The van der Waals surface area contributed by atoms with Gasteiger partial charge in [0.2, 0.25) is 0 Å². The Morgan fingerprint density at radius 1 is 1.24 bits per heavy atom. The average Bonchev–Trinajstić information content (AvgIpc) is 2.69. The molecule has 0 aliphatic rings. The van der Waals surface area contributed by atoms with Crippen molar-refractivity contribution in [2.45, 2.75) is 13.8 Å². The van der Waals surface area contributed by atoms with Crippen LogP contribution in [-0.2, 0) is 0 Å².